The van der Waals surface area contributed by atoms with Crippen molar-refractivity contribution in [3.63, 3.8) is 0 Å². The van der Waals surface area contributed by atoms with Gasteiger partial charge in [0.25, 0.3) is 0 Å². The van der Waals surface area contributed by atoms with Crippen molar-refractivity contribution >= 4 is 0 Å². The molecule has 0 radical (unpaired) electrons. The zero-order valence-electron chi connectivity index (χ0n) is 10.2. The fourth-order valence-electron chi connectivity index (χ4n) is 1.85. The van der Waals surface area contributed by atoms with Gasteiger partial charge < -0.3 is 4.57 Å². The maximum absolute atomic E-state index is 9.12. The Morgan fingerprint density at radius 2 is 1.94 bits per heavy atom. The van der Waals surface area contributed by atoms with Crippen LogP contribution in [0.5, 0.6) is 0 Å². The minimum atomic E-state index is 0.458. The maximum atomic E-state index is 9.12. The second-order valence-corrected chi connectivity index (χ2v) is 4.54. The van der Waals surface area contributed by atoms with Crippen molar-refractivity contribution in [1.29, 1.82) is 5.26 Å². The molecule has 2 rings (SSSR count). The van der Waals surface area contributed by atoms with Gasteiger partial charge in [-0.05, 0) is 23.1 Å². The predicted octanol–water partition coefficient (Wildman–Crippen LogP) is 3.53. The van der Waals surface area contributed by atoms with Crippen molar-refractivity contribution < 1.29 is 0 Å². The van der Waals surface area contributed by atoms with E-state index in [0.29, 0.717) is 5.92 Å². The quantitative estimate of drug-likeness (QED) is 0.784. The second-order valence-electron chi connectivity index (χ2n) is 4.54. The van der Waals surface area contributed by atoms with Gasteiger partial charge >= 0.3 is 0 Å². The van der Waals surface area contributed by atoms with Gasteiger partial charge in [0.15, 0.2) is 0 Å². The highest BCUT2D eigenvalue weighted by molar-refractivity contribution is 5.31. The zero-order valence-corrected chi connectivity index (χ0v) is 10.2. The van der Waals surface area contributed by atoms with E-state index >= 15 is 0 Å². The molecule has 0 aliphatic carbocycles. The van der Waals surface area contributed by atoms with E-state index in [9.17, 15) is 0 Å². The van der Waals surface area contributed by atoms with Crippen molar-refractivity contribution in [2.75, 3.05) is 0 Å². The number of benzene rings is 1. The summed E-state index contributed by atoms with van der Waals surface area (Å²) in [5.74, 6) is 0.458. The summed E-state index contributed by atoms with van der Waals surface area (Å²) in [5, 5.41) is 9.12. The van der Waals surface area contributed by atoms with Crippen LogP contribution >= 0.6 is 0 Å². The summed E-state index contributed by atoms with van der Waals surface area (Å²) in [6.45, 7) is 5.04. The molecule has 0 bridgehead atoms. The fourth-order valence-corrected chi connectivity index (χ4v) is 1.85. The van der Waals surface area contributed by atoms with E-state index in [1.807, 2.05) is 28.8 Å². The Morgan fingerprint density at radius 3 is 2.53 bits per heavy atom. The summed E-state index contributed by atoms with van der Waals surface area (Å²) in [5.41, 5.74) is 3.17. The van der Waals surface area contributed by atoms with Gasteiger partial charge in [-0.2, -0.15) is 5.26 Å². The normalized spacial score (nSPS) is 10.5. The Bertz CT molecular complexity index is 530. The topological polar surface area (TPSA) is 28.7 Å². The second kappa shape index (κ2) is 4.88. The lowest BCUT2D eigenvalue weighted by atomic mass is 10.1. The van der Waals surface area contributed by atoms with Crippen LogP contribution in [-0.2, 0) is 6.54 Å². The summed E-state index contributed by atoms with van der Waals surface area (Å²) in [4.78, 5) is 0. The van der Waals surface area contributed by atoms with Crippen LogP contribution in [0, 0.1) is 11.3 Å². The molecule has 1 aromatic heterocycles. The SMILES string of the molecule is CC(C)c1cc(C#N)n(Cc2ccccc2)c1. The van der Waals surface area contributed by atoms with Gasteiger partial charge in [-0.15, -0.1) is 0 Å². The van der Waals surface area contributed by atoms with E-state index in [4.69, 9.17) is 5.26 Å². The van der Waals surface area contributed by atoms with Gasteiger partial charge in [0, 0.05) is 12.7 Å². The number of rotatable bonds is 3. The molecule has 2 aromatic rings. The molecule has 0 aliphatic heterocycles. The molecule has 0 saturated carbocycles. The van der Waals surface area contributed by atoms with Crippen molar-refractivity contribution in [1.82, 2.24) is 4.57 Å². The van der Waals surface area contributed by atoms with Gasteiger partial charge in [0.1, 0.15) is 11.8 Å². The minimum absolute atomic E-state index is 0.458. The maximum Gasteiger partial charge on any atom is 0.120 e. The lowest BCUT2D eigenvalue weighted by Gasteiger charge is -2.04. The first-order valence-corrected chi connectivity index (χ1v) is 5.85. The molecule has 1 heterocycles. The van der Waals surface area contributed by atoms with E-state index in [2.05, 4.69) is 38.2 Å². The molecule has 0 aliphatic rings. The molecule has 0 N–H and O–H groups in total. The Morgan fingerprint density at radius 1 is 1.24 bits per heavy atom. The highest BCUT2D eigenvalue weighted by Gasteiger charge is 2.08. The third-order valence-electron chi connectivity index (χ3n) is 2.89. The van der Waals surface area contributed by atoms with Crippen LogP contribution in [0.25, 0.3) is 0 Å². The molecule has 2 heteroatoms. The van der Waals surface area contributed by atoms with Crippen LogP contribution in [0.3, 0.4) is 0 Å². The van der Waals surface area contributed by atoms with Crippen molar-refractivity contribution in [2.45, 2.75) is 26.3 Å². The Labute approximate surface area is 102 Å². The molecular weight excluding hydrogens is 208 g/mol. The lowest BCUT2D eigenvalue weighted by Crippen LogP contribution is -2.00. The zero-order chi connectivity index (χ0) is 12.3. The van der Waals surface area contributed by atoms with Crippen LogP contribution in [-0.4, -0.2) is 4.57 Å². The summed E-state index contributed by atoms with van der Waals surface area (Å²) in [6.07, 6.45) is 2.08. The molecule has 17 heavy (non-hydrogen) atoms. The standard InChI is InChI=1S/C15H16N2/c1-12(2)14-8-15(9-16)17(11-14)10-13-6-4-3-5-7-13/h3-8,11-12H,10H2,1-2H3. The minimum Gasteiger partial charge on any atom is -0.335 e. The van der Waals surface area contributed by atoms with Gasteiger partial charge in [-0.25, -0.2) is 0 Å². The molecule has 0 spiro atoms. The molecular formula is C15H16N2. The number of nitrogens with zero attached hydrogens (tertiary/aromatic N) is 2. The van der Waals surface area contributed by atoms with Crippen LogP contribution in [0.15, 0.2) is 42.6 Å². The first-order chi connectivity index (χ1) is 8.20. The summed E-state index contributed by atoms with van der Waals surface area (Å²) < 4.78 is 2.02. The van der Waals surface area contributed by atoms with Crippen LogP contribution in [0.1, 0.15) is 36.6 Å². The number of nitriles is 1. The lowest BCUT2D eigenvalue weighted by molar-refractivity contribution is 0.780. The largest absolute Gasteiger partial charge is 0.335 e. The van der Waals surface area contributed by atoms with Gasteiger partial charge in [0.05, 0.1) is 0 Å². The molecule has 0 atom stereocenters. The van der Waals surface area contributed by atoms with E-state index in [1.54, 1.807) is 0 Å². The van der Waals surface area contributed by atoms with E-state index in [-0.39, 0.29) is 0 Å². The van der Waals surface area contributed by atoms with Gasteiger partial charge in [0.2, 0.25) is 0 Å². The average Bonchev–Trinajstić information content (AvgIpc) is 2.74. The summed E-state index contributed by atoms with van der Waals surface area (Å²) in [7, 11) is 0. The predicted molar refractivity (Wildman–Crippen MR) is 68.8 cm³/mol. The first kappa shape index (κ1) is 11.5. The van der Waals surface area contributed by atoms with E-state index in [1.165, 1.54) is 11.1 Å². The van der Waals surface area contributed by atoms with Crippen LogP contribution < -0.4 is 0 Å². The van der Waals surface area contributed by atoms with Crippen molar-refractivity contribution in [3.05, 3.63) is 59.4 Å². The average molecular weight is 224 g/mol. The first-order valence-electron chi connectivity index (χ1n) is 5.85. The van der Waals surface area contributed by atoms with Crippen LogP contribution in [0.4, 0.5) is 0 Å². The fraction of sp³-hybridized carbons (Fsp3) is 0.267. The van der Waals surface area contributed by atoms with Gasteiger partial charge in [-0.1, -0.05) is 44.2 Å². The van der Waals surface area contributed by atoms with Gasteiger partial charge in [-0.3, -0.25) is 0 Å². The molecule has 0 saturated heterocycles. The summed E-state index contributed by atoms with van der Waals surface area (Å²) in [6, 6.07) is 14.4. The monoisotopic (exact) mass is 224 g/mol. The molecule has 86 valence electrons. The Balaban J connectivity index is 2.30. The smallest absolute Gasteiger partial charge is 0.120 e. The van der Waals surface area contributed by atoms with Crippen molar-refractivity contribution in [3.8, 4) is 6.07 Å². The van der Waals surface area contributed by atoms with Crippen LogP contribution in [0.2, 0.25) is 0 Å². The Kier molecular flexibility index (Phi) is 3.30. The molecule has 2 nitrogen and oxygen atoms in total. The highest BCUT2D eigenvalue weighted by Crippen LogP contribution is 2.18. The van der Waals surface area contributed by atoms with Crippen molar-refractivity contribution in [2.24, 2.45) is 0 Å². The third-order valence-corrected chi connectivity index (χ3v) is 2.89. The highest BCUT2D eigenvalue weighted by atomic mass is 15.0. The van der Waals surface area contributed by atoms with E-state index < -0.39 is 0 Å². The third kappa shape index (κ3) is 2.57. The molecule has 0 unspecified atom stereocenters. The number of hydrogen-bond donors (Lipinski definition) is 0. The Hall–Kier alpha value is -2.01. The molecule has 0 fully saturated rings. The number of hydrogen-bond acceptors (Lipinski definition) is 1. The summed E-state index contributed by atoms with van der Waals surface area (Å²) >= 11 is 0. The molecule has 1 aromatic carbocycles. The molecule has 0 amide bonds. The van der Waals surface area contributed by atoms with E-state index in [0.717, 1.165) is 12.2 Å². The number of aromatic nitrogens is 1.